The molecule has 1 N–H and O–H groups in total. The maximum atomic E-state index is 14.1. The number of rotatable bonds is 4. The van der Waals surface area contributed by atoms with E-state index in [1.54, 1.807) is 18.3 Å². The molecule has 1 fully saturated rings. The van der Waals surface area contributed by atoms with Gasteiger partial charge in [0.2, 0.25) is 5.91 Å². The van der Waals surface area contributed by atoms with Gasteiger partial charge >= 0.3 is 0 Å². The summed E-state index contributed by atoms with van der Waals surface area (Å²) in [7, 11) is 1.50. The average Bonchev–Trinajstić information content (AvgIpc) is 3.13. The van der Waals surface area contributed by atoms with Gasteiger partial charge in [-0.1, -0.05) is 0 Å². The monoisotopic (exact) mass is 317 g/mol. The van der Waals surface area contributed by atoms with Crippen LogP contribution in [0.25, 0.3) is 11.3 Å². The molecule has 5 nitrogen and oxygen atoms in total. The summed E-state index contributed by atoms with van der Waals surface area (Å²) in [6.45, 7) is 4.65. The number of hydrogen-bond acceptors (Lipinski definition) is 3. The minimum absolute atomic E-state index is 0.0277. The number of nitrogens with one attached hydrogen (secondary N) is 1. The van der Waals surface area contributed by atoms with Crippen molar-refractivity contribution in [3.05, 3.63) is 36.0 Å². The molecule has 0 radical (unpaired) electrons. The highest BCUT2D eigenvalue weighted by molar-refractivity contribution is 5.79. The van der Waals surface area contributed by atoms with Crippen molar-refractivity contribution in [2.45, 2.75) is 32.2 Å². The molecule has 1 aliphatic heterocycles. The minimum Gasteiger partial charge on any atom is -0.497 e. The zero-order chi connectivity index (χ0) is 16.6. The Morgan fingerprint density at radius 2 is 2.22 bits per heavy atom. The molecule has 6 heteroatoms. The molecule has 1 aromatic heterocycles. The third-order valence-corrected chi connectivity index (χ3v) is 4.23. The maximum absolute atomic E-state index is 14.1. The lowest BCUT2D eigenvalue weighted by atomic mass is 10.1. The number of aromatic amines is 1. The summed E-state index contributed by atoms with van der Waals surface area (Å²) < 4.78 is 19.2. The highest BCUT2D eigenvalue weighted by Gasteiger charge is 2.33. The molecular weight excluding hydrogens is 297 g/mol. The van der Waals surface area contributed by atoms with Gasteiger partial charge in [-0.25, -0.2) is 9.37 Å². The number of carbonyl (C=O) groups is 1. The Kier molecular flexibility index (Phi) is 4.07. The van der Waals surface area contributed by atoms with Crippen molar-refractivity contribution in [2.75, 3.05) is 13.7 Å². The van der Waals surface area contributed by atoms with E-state index in [0.717, 1.165) is 5.82 Å². The highest BCUT2D eigenvalue weighted by atomic mass is 19.1. The molecule has 2 heterocycles. The molecule has 3 rings (SSSR count). The first-order valence-corrected chi connectivity index (χ1v) is 7.68. The number of imidazole rings is 1. The molecule has 1 amide bonds. The van der Waals surface area contributed by atoms with E-state index >= 15 is 0 Å². The largest absolute Gasteiger partial charge is 0.497 e. The normalized spacial score (nSPS) is 18.0. The second-order valence-electron chi connectivity index (χ2n) is 6.07. The van der Waals surface area contributed by atoms with Crippen molar-refractivity contribution in [2.24, 2.45) is 0 Å². The molecule has 1 aliphatic rings. The Hall–Kier alpha value is -2.37. The smallest absolute Gasteiger partial charge is 0.223 e. The fourth-order valence-electron chi connectivity index (χ4n) is 2.94. The second-order valence-corrected chi connectivity index (χ2v) is 6.07. The molecule has 122 valence electrons. The topological polar surface area (TPSA) is 58.2 Å². The summed E-state index contributed by atoms with van der Waals surface area (Å²) in [5.74, 6) is 0.996. The SMILES string of the molecule is COc1ccc(-c2cnc(C3CC(=O)N(C(C)C)C3)[nH]2)c(F)c1. The molecule has 1 unspecified atom stereocenters. The molecule has 1 atom stereocenters. The summed E-state index contributed by atoms with van der Waals surface area (Å²) in [6, 6.07) is 4.89. The van der Waals surface area contributed by atoms with Crippen LogP contribution < -0.4 is 4.74 Å². The number of benzene rings is 1. The van der Waals surface area contributed by atoms with Gasteiger partial charge in [0, 0.05) is 36.6 Å². The van der Waals surface area contributed by atoms with E-state index in [-0.39, 0.29) is 23.7 Å². The fraction of sp³-hybridized carbons (Fsp3) is 0.412. The molecule has 0 saturated carbocycles. The maximum Gasteiger partial charge on any atom is 0.223 e. The third-order valence-electron chi connectivity index (χ3n) is 4.23. The van der Waals surface area contributed by atoms with Crippen LogP contribution in [0.15, 0.2) is 24.4 Å². The summed E-state index contributed by atoms with van der Waals surface area (Å²) in [6.07, 6.45) is 2.05. The van der Waals surface area contributed by atoms with Gasteiger partial charge in [-0.3, -0.25) is 4.79 Å². The van der Waals surface area contributed by atoms with Crippen LogP contribution in [-0.4, -0.2) is 40.5 Å². The highest BCUT2D eigenvalue weighted by Crippen LogP contribution is 2.30. The van der Waals surface area contributed by atoms with E-state index in [1.807, 2.05) is 18.7 Å². The molecule has 23 heavy (non-hydrogen) atoms. The Bertz CT molecular complexity index is 726. The lowest BCUT2D eigenvalue weighted by Crippen LogP contribution is -2.31. The minimum atomic E-state index is -0.370. The van der Waals surface area contributed by atoms with Crippen LogP contribution in [0.1, 0.15) is 32.0 Å². The molecule has 1 saturated heterocycles. The van der Waals surface area contributed by atoms with Crippen LogP contribution in [-0.2, 0) is 4.79 Å². The van der Waals surface area contributed by atoms with E-state index in [0.29, 0.717) is 30.0 Å². The first-order valence-electron chi connectivity index (χ1n) is 7.68. The number of H-pyrrole nitrogens is 1. The van der Waals surface area contributed by atoms with E-state index in [2.05, 4.69) is 9.97 Å². The number of amides is 1. The summed E-state index contributed by atoms with van der Waals surface area (Å²) in [5.41, 5.74) is 1.05. The quantitative estimate of drug-likeness (QED) is 0.943. The van der Waals surface area contributed by atoms with Crippen LogP contribution in [0.2, 0.25) is 0 Å². The van der Waals surface area contributed by atoms with Gasteiger partial charge in [-0.05, 0) is 26.0 Å². The van der Waals surface area contributed by atoms with Crippen LogP contribution in [0.4, 0.5) is 4.39 Å². The number of nitrogens with zero attached hydrogens (tertiary/aromatic N) is 2. The van der Waals surface area contributed by atoms with Gasteiger partial charge in [0.1, 0.15) is 17.4 Å². The number of halogens is 1. The average molecular weight is 317 g/mol. The summed E-state index contributed by atoms with van der Waals surface area (Å²) >= 11 is 0. The molecule has 0 bridgehead atoms. The van der Waals surface area contributed by atoms with Crippen molar-refractivity contribution in [3.63, 3.8) is 0 Å². The number of carbonyl (C=O) groups excluding carboxylic acids is 1. The van der Waals surface area contributed by atoms with Crippen molar-refractivity contribution in [1.82, 2.24) is 14.9 Å². The van der Waals surface area contributed by atoms with Gasteiger partial charge < -0.3 is 14.6 Å². The second kappa shape index (κ2) is 6.02. The number of aromatic nitrogens is 2. The zero-order valence-electron chi connectivity index (χ0n) is 13.5. The van der Waals surface area contributed by atoms with E-state index in [9.17, 15) is 9.18 Å². The summed E-state index contributed by atoms with van der Waals surface area (Å²) in [4.78, 5) is 21.4. The Morgan fingerprint density at radius 3 is 2.83 bits per heavy atom. The lowest BCUT2D eigenvalue weighted by molar-refractivity contribution is -0.129. The van der Waals surface area contributed by atoms with Gasteiger partial charge in [-0.2, -0.15) is 0 Å². The van der Waals surface area contributed by atoms with Gasteiger partial charge in [0.15, 0.2) is 0 Å². The molecular formula is C17H20FN3O2. The predicted octanol–water partition coefficient (Wildman–Crippen LogP) is 2.95. The van der Waals surface area contributed by atoms with E-state index in [4.69, 9.17) is 4.74 Å². The standard InChI is InChI=1S/C17H20FN3O2/c1-10(2)21-9-11(6-16(21)22)17-19-8-15(20-17)13-5-4-12(23-3)7-14(13)18/h4-5,7-8,10-11H,6,9H2,1-3H3,(H,19,20). The van der Waals surface area contributed by atoms with Crippen molar-refractivity contribution in [3.8, 4) is 17.0 Å². The zero-order valence-corrected chi connectivity index (χ0v) is 13.5. The van der Waals surface area contributed by atoms with Crippen molar-refractivity contribution < 1.29 is 13.9 Å². The number of ether oxygens (including phenoxy) is 1. The van der Waals surface area contributed by atoms with Crippen LogP contribution in [0.3, 0.4) is 0 Å². The van der Waals surface area contributed by atoms with Crippen LogP contribution >= 0.6 is 0 Å². The predicted molar refractivity (Wildman–Crippen MR) is 84.7 cm³/mol. The van der Waals surface area contributed by atoms with Crippen LogP contribution in [0.5, 0.6) is 5.75 Å². The molecule has 1 aromatic carbocycles. The van der Waals surface area contributed by atoms with Gasteiger partial charge in [-0.15, -0.1) is 0 Å². The third kappa shape index (κ3) is 2.93. The Morgan fingerprint density at radius 1 is 1.43 bits per heavy atom. The Balaban J connectivity index is 1.83. The lowest BCUT2D eigenvalue weighted by Gasteiger charge is -2.20. The number of methoxy groups -OCH3 is 1. The van der Waals surface area contributed by atoms with Crippen molar-refractivity contribution >= 4 is 5.91 Å². The summed E-state index contributed by atoms with van der Waals surface area (Å²) in [5, 5.41) is 0. The first-order chi connectivity index (χ1) is 11.0. The van der Waals surface area contributed by atoms with E-state index in [1.165, 1.54) is 13.2 Å². The van der Waals surface area contributed by atoms with E-state index < -0.39 is 0 Å². The molecule has 2 aromatic rings. The number of hydrogen-bond donors (Lipinski definition) is 1. The Labute approximate surface area is 134 Å². The van der Waals surface area contributed by atoms with Crippen molar-refractivity contribution in [1.29, 1.82) is 0 Å². The van der Waals surface area contributed by atoms with Gasteiger partial charge in [0.05, 0.1) is 19.0 Å². The van der Waals surface area contributed by atoms with Crippen LogP contribution in [0, 0.1) is 5.82 Å². The molecule has 0 spiro atoms. The molecule has 0 aliphatic carbocycles. The number of likely N-dealkylation sites (tertiary alicyclic amines) is 1. The fourth-order valence-corrected chi connectivity index (χ4v) is 2.94. The van der Waals surface area contributed by atoms with Gasteiger partial charge in [0.25, 0.3) is 0 Å². The first kappa shape index (κ1) is 15.5.